The van der Waals surface area contributed by atoms with Crippen molar-refractivity contribution in [1.29, 1.82) is 5.26 Å². The zero-order valence-electron chi connectivity index (χ0n) is 10.4. The third kappa shape index (κ3) is 2.45. The number of carboxylic acids is 1. The monoisotopic (exact) mass is 244 g/mol. The molecule has 0 aromatic heterocycles. The predicted molar refractivity (Wildman–Crippen MR) is 68.5 cm³/mol. The van der Waals surface area contributed by atoms with Crippen LogP contribution < -0.4 is 4.90 Å². The van der Waals surface area contributed by atoms with Gasteiger partial charge in [0.15, 0.2) is 0 Å². The van der Waals surface area contributed by atoms with E-state index in [-0.39, 0.29) is 12.5 Å². The van der Waals surface area contributed by atoms with Gasteiger partial charge in [0.1, 0.15) is 6.07 Å². The number of aryl methyl sites for hydroxylation is 1. The molecule has 1 aromatic rings. The van der Waals surface area contributed by atoms with E-state index in [9.17, 15) is 4.79 Å². The van der Waals surface area contributed by atoms with E-state index in [1.165, 1.54) is 0 Å². The Kier molecular flexibility index (Phi) is 3.52. The Morgan fingerprint density at radius 2 is 2.39 bits per heavy atom. The average Bonchev–Trinajstić information content (AvgIpc) is 2.76. The van der Waals surface area contributed by atoms with Crippen molar-refractivity contribution < 1.29 is 9.90 Å². The Labute approximate surface area is 106 Å². The highest BCUT2D eigenvalue weighted by Gasteiger charge is 2.28. The van der Waals surface area contributed by atoms with Crippen LogP contribution in [-0.2, 0) is 4.79 Å². The zero-order chi connectivity index (χ0) is 13.1. The molecule has 18 heavy (non-hydrogen) atoms. The molecular formula is C14H16N2O2. The Morgan fingerprint density at radius 1 is 1.61 bits per heavy atom. The van der Waals surface area contributed by atoms with Crippen LogP contribution >= 0.6 is 0 Å². The summed E-state index contributed by atoms with van der Waals surface area (Å²) in [5.74, 6) is -0.780. The number of hydrogen-bond acceptors (Lipinski definition) is 3. The zero-order valence-corrected chi connectivity index (χ0v) is 10.4. The van der Waals surface area contributed by atoms with Crippen molar-refractivity contribution in [3.8, 4) is 6.07 Å². The molecule has 1 unspecified atom stereocenters. The van der Waals surface area contributed by atoms with E-state index in [0.29, 0.717) is 5.56 Å². The molecule has 1 saturated heterocycles. The Bertz CT molecular complexity index is 505. The van der Waals surface area contributed by atoms with Gasteiger partial charge in [0.2, 0.25) is 0 Å². The van der Waals surface area contributed by atoms with E-state index in [2.05, 4.69) is 11.0 Å². The Morgan fingerprint density at radius 3 is 3.06 bits per heavy atom. The Balaban J connectivity index is 2.32. The highest BCUT2D eigenvalue weighted by atomic mass is 16.4. The summed E-state index contributed by atoms with van der Waals surface area (Å²) in [4.78, 5) is 12.9. The highest BCUT2D eigenvalue weighted by Crippen LogP contribution is 2.30. The molecule has 1 fully saturated rings. The summed E-state index contributed by atoms with van der Waals surface area (Å²) in [6.07, 6.45) is 2.00. The van der Waals surface area contributed by atoms with Gasteiger partial charge in [-0.15, -0.1) is 0 Å². The largest absolute Gasteiger partial charge is 0.481 e. The summed E-state index contributed by atoms with van der Waals surface area (Å²) in [5, 5.41) is 18.1. The van der Waals surface area contributed by atoms with Crippen molar-refractivity contribution in [2.24, 2.45) is 0 Å². The Hall–Kier alpha value is -2.02. The van der Waals surface area contributed by atoms with Crippen LogP contribution in [-0.4, -0.2) is 23.7 Å². The quantitative estimate of drug-likeness (QED) is 0.886. The molecule has 4 heteroatoms. The second-order valence-corrected chi connectivity index (χ2v) is 4.72. The predicted octanol–water partition coefficient (Wildman–Crippen LogP) is 2.31. The van der Waals surface area contributed by atoms with Gasteiger partial charge in [-0.1, -0.05) is 6.07 Å². The molecule has 1 atom stereocenters. The topological polar surface area (TPSA) is 64.3 Å². The van der Waals surface area contributed by atoms with E-state index >= 15 is 0 Å². The molecule has 4 nitrogen and oxygen atoms in total. The molecule has 0 saturated carbocycles. The maximum Gasteiger partial charge on any atom is 0.305 e. The minimum atomic E-state index is -0.780. The molecule has 94 valence electrons. The van der Waals surface area contributed by atoms with E-state index in [1.807, 2.05) is 19.1 Å². The normalized spacial score (nSPS) is 18.7. The first-order valence-corrected chi connectivity index (χ1v) is 6.11. The van der Waals surface area contributed by atoms with Crippen LogP contribution in [0.2, 0.25) is 0 Å². The standard InChI is InChI=1S/C14H16N2O2/c1-10-4-5-11(9-15)13(7-10)16-6-2-3-12(16)8-14(17)18/h4-5,7,12H,2-3,6,8H2,1H3,(H,17,18). The van der Waals surface area contributed by atoms with Crippen LogP contribution in [0.15, 0.2) is 18.2 Å². The van der Waals surface area contributed by atoms with Gasteiger partial charge in [0, 0.05) is 12.6 Å². The molecule has 2 rings (SSSR count). The molecule has 1 aromatic carbocycles. The van der Waals surface area contributed by atoms with Crippen molar-refractivity contribution in [1.82, 2.24) is 0 Å². The summed E-state index contributed by atoms with van der Waals surface area (Å²) in [6, 6.07) is 7.88. The molecule has 1 N–H and O–H groups in total. The number of aliphatic carboxylic acids is 1. The summed E-state index contributed by atoms with van der Waals surface area (Å²) in [5.41, 5.74) is 2.59. The summed E-state index contributed by atoms with van der Waals surface area (Å²) < 4.78 is 0. The van der Waals surface area contributed by atoms with Crippen LogP contribution in [0, 0.1) is 18.3 Å². The molecule has 0 radical (unpaired) electrons. The minimum absolute atomic E-state index is 0.0106. The lowest BCUT2D eigenvalue weighted by Gasteiger charge is -2.27. The second kappa shape index (κ2) is 5.09. The first-order valence-electron chi connectivity index (χ1n) is 6.11. The number of nitrogens with zero attached hydrogens (tertiary/aromatic N) is 2. The lowest BCUT2D eigenvalue weighted by molar-refractivity contribution is -0.137. The number of anilines is 1. The van der Waals surface area contributed by atoms with Crippen LogP contribution in [0.25, 0.3) is 0 Å². The first-order chi connectivity index (χ1) is 8.61. The van der Waals surface area contributed by atoms with Crippen LogP contribution in [0.5, 0.6) is 0 Å². The number of rotatable bonds is 3. The van der Waals surface area contributed by atoms with Crippen LogP contribution in [0.3, 0.4) is 0 Å². The molecule has 0 aliphatic carbocycles. The van der Waals surface area contributed by atoms with E-state index in [4.69, 9.17) is 10.4 Å². The third-order valence-electron chi connectivity index (χ3n) is 3.37. The fraction of sp³-hybridized carbons (Fsp3) is 0.429. The van der Waals surface area contributed by atoms with E-state index in [1.54, 1.807) is 6.07 Å². The first kappa shape index (κ1) is 12.4. The highest BCUT2D eigenvalue weighted by molar-refractivity contribution is 5.70. The molecular weight excluding hydrogens is 228 g/mol. The van der Waals surface area contributed by atoms with Crippen molar-refractivity contribution >= 4 is 11.7 Å². The lowest BCUT2D eigenvalue weighted by Crippen LogP contribution is -2.31. The number of benzene rings is 1. The molecule has 1 aliphatic heterocycles. The summed E-state index contributed by atoms with van der Waals surface area (Å²) in [7, 11) is 0. The second-order valence-electron chi connectivity index (χ2n) is 4.72. The summed E-state index contributed by atoms with van der Waals surface area (Å²) in [6.45, 7) is 2.81. The van der Waals surface area contributed by atoms with E-state index < -0.39 is 5.97 Å². The molecule has 0 amide bonds. The SMILES string of the molecule is Cc1ccc(C#N)c(N2CCCC2CC(=O)O)c1. The summed E-state index contributed by atoms with van der Waals surface area (Å²) >= 11 is 0. The number of carboxylic acid groups (broad SMARTS) is 1. The van der Waals surface area contributed by atoms with Crippen molar-refractivity contribution in [2.45, 2.75) is 32.2 Å². The van der Waals surface area contributed by atoms with Gasteiger partial charge in [0.25, 0.3) is 0 Å². The van der Waals surface area contributed by atoms with Gasteiger partial charge in [-0.05, 0) is 37.5 Å². The van der Waals surface area contributed by atoms with Gasteiger partial charge in [0.05, 0.1) is 17.7 Å². The maximum atomic E-state index is 10.9. The van der Waals surface area contributed by atoms with Gasteiger partial charge in [-0.3, -0.25) is 4.79 Å². The molecule has 1 heterocycles. The minimum Gasteiger partial charge on any atom is -0.481 e. The number of nitriles is 1. The molecule has 0 bridgehead atoms. The molecule has 1 aliphatic rings. The smallest absolute Gasteiger partial charge is 0.305 e. The fourth-order valence-corrected chi connectivity index (χ4v) is 2.54. The van der Waals surface area contributed by atoms with Gasteiger partial charge in [-0.2, -0.15) is 5.26 Å². The van der Waals surface area contributed by atoms with E-state index in [0.717, 1.165) is 30.6 Å². The molecule has 0 spiro atoms. The van der Waals surface area contributed by atoms with Crippen molar-refractivity contribution in [3.05, 3.63) is 29.3 Å². The maximum absolute atomic E-state index is 10.9. The number of carbonyl (C=O) groups is 1. The van der Waals surface area contributed by atoms with Crippen molar-refractivity contribution in [3.63, 3.8) is 0 Å². The van der Waals surface area contributed by atoms with Crippen LogP contribution in [0.4, 0.5) is 5.69 Å². The fourth-order valence-electron chi connectivity index (χ4n) is 2.54. The third-order valence-corrected chi connectivity index (χ3v) is 3.37. The van der Waals surface area contributed by atoms with Gasteiger partial charge in [-0.25, -0.2) is 0 Å². The van der Waals surface area contributed by atoms with Crippen molar-refractivity contribution in [2.75, 3.05) is 11.4 Å². The van der Waals surface area contributed by atoms with Crippen LogP contribution in [0.1, 0.15) is 30.4 Å². The number of hydrogen-bond donors (Lipinski definition) is 1. The van der Waals surface area contributed by atoms with Gasteiger partial charge < -0.3 is 10.0 Å². The lowest BCUT2D eigenvalue weighted by atomic mass is 10.1. The average molecular weight is 244 g/mol. The van der Waals surface area contributed by atoms with Gasteiger partial charge >= 0.3 is 5.97 Å².